The van der Waals surface area contributed by atoms with Gasteiger partial charge in [-0.1, -0.05) is 109 Å². The molecule has 7 aromatic carbocycles. The summed E-state index contributed by atoms with van der Waals surface area (Å²) in [4.78, 5) is 0. The van der Waals surface area contributed by atoms with Gasteiger partial charge in [-0.2, -0.15) is 0 Å². The molecule has 1 aliphatic carbocycles. The molecule has 3 aromatic heterocycles. The van der Waals surface area contributed by atoms with E-state index in [4.69, 9.17) is 0 Å². The zero-order valence-electron chi connectivity index (χ0n) is 28.0. The first-order chi connectivity index (χ1) is 25.3. The summed E-state index contributed by atoms with van der Waals surface area (Å²) >= 11 is 0. The van der Waals surface area contributed by atoms with Crippen LogP contribution in [0.4, 0.5) is 0 Å². The minimum atomic E-state index is 1.07. The molecule has 51 heavy (non-hydrogen) atoms. The molecule has 3 heterocycles. The Labute approximate surface area is 295 Å². The molecular weight excluding hydrogens is 619 g/mol. The highest BCUT2D eigenvalue weighted by Crippen LogP contribution is 2.41. The fourth-order valence-electron chi connectivity index (χ4n) is 8.63. The first kappa shape index (κ1) is 28.3. The number of hydrogen-bond acceptors (Lipinski definition) is 0. The quantitative estimate of drug-likeness (QED) is 0.180. The Morgan fingerprint density at radius 1 is 0.353 bits per heavy atom. The molecule has 1 aliphatic rings. The maximum Gasteiger partial charge on any atom is 0.0561 e. The van der Waals surface area contributed by atoms with Gasteiger partial charge in [0, 0.05) is 49.4 Å². The van der Waals surface area contributed by atoms with E-state index in [1.54, 1.807) is 0 Å². The Morgan fingerprint density at radius 2 is 0.863 bits per heavy atom. The van der Waals surface area contributed by atoms with Crippen molar-refractivity contribution in [2.24, 2.45) is 0 Å². The number of aromatic nitrogens is 3. The number of nitrogens with zero attached hydrogens (tertiary/aromatic N) is 3. The van der Waals surface area contributed by atoms with Gasteiger partial charge in [-0.3, -0.25) is 0 Å². The molecule has 0 fully saturated rings. The molecule has 240 valence electrons. The second-order valence-electron chi connectivity index (χ2n) is 13.7. The molecule has 0 bridgehead atoms. The summed E-state index contributed by atoms with van der Waals surface area (Å²) in [6.07, 6.45) is 8.88. The maximum atomic E-state index is 2.46. The van der Waals surface area contributed by atoms with Crippen molar-refractivity contribution in [2.45, 2.75) is 12.8 Å². The van der Waals surface area contributed by atoms with Gasteiger partial charge in [0.1, 0.15) is 0 Å². The molecule has 0 amide bonds. The molecule has 0 spiro atoms. The van der Waals surface area contributed by atoms with Crippen LogP contribution in [0, 0.1) is 0 Å². The molecule has 11 rings (SSSR count). The average molecular weight is 652 g/mol. The van der Waals surface area contributed by atoms with E-state index in [1.807, 2.05) is 0 Å². The molecule has 0 unspecified atom stereocenters. The molecule has 0 N–H and O–H groups in total. The minimum Gasteiger partial charge on any atom is -0.309 e. The van der Waals surface area contributed by atoms with Crippen LogP contribution in [0.2, 0.25) is 0 Å². The van der Waals surface area contributed by atoms with Gasteiger partial charge in [0.2, 0.25) is 0 Å². The van der Waals surface area contributed by atoms with E-state index in [0.717, 1.165) is 24.2 Å². The van der Waals surface area contributed by atoms with Gasteiger partial charge < -0.3 is 13.7 Å². The topological polar surface area (TPSA) is 14.8 Å². The number of allylic oxidation sites excluding steroid dienone is 4. The van der Waals surface area contributed by atoms with Crippen molar-refractivity contribution >= 4 is 71.0 Å². The molecule has 0 saturated carbocycles. The highest BCUT2D eigenvalue weighted by Gasteiger charge is 2.20. The number of rotatable bonds is 4. The summed E-state index contributed by atoms with van der Waals surface area (Å²) in [5.41, 5.74) is 13.5. The fourth-order valence-corrected chi connectivity index (χ4v) is 8.63. The predicted molar refractivity (Wildman–Crippen MR) is 216 cm³/mol. The Bertz CT molecular complexity index is 3070. The van der Waals surface area contributed by atoms with Gasteiger partial charge in [0.25, 0.3) is 0 Å². The summed E-state index contributed by atoms with van der Waals surface area (Å²) in [6, 6.07) is 58.1. The molecule has 0 saturated heterocycles. The molecule has 0 radical (unpaired) electrons. The highest BCUT2D eigenvalue weighted by atomic mass is 15.0. The molecule has 0 aliphatic heterocycles. The van der Waals surface area contributed by atoms with E-state index in [9.17, 15) is 0 Å². The maximum absolute atomic E-state index is 2.46. The van der Waals surface area contributed by atoms with Gasteiger partial charge in [-0.05, 0) is 90.7 Å². The van der Waals surface area contributed by atoms with Crippen molar-refractivity contribution in [3.63, 3.8) is 0 Å². The smallest absolute Gasteiger partial charge is 0.0561 e. The molecular formula is C48H33N3. The molecule has 3 heteroatoms. The van der Waals surface area contributed by atoms with Gasteiger partial charge in [0.15, 0.2) is 0 Å². The summed E-state index contributed by atoms with van der Waals surface area (Å²) < 4.78 is 7.33. The largest absolute Gasteiger partial charge is 0.309 e. The van der Waals surface area contributed by atoms with Crippen LogP contribution in [0.3, 0.4) is 0 Å². The van der Waals surface area contributed by atoms with E-state index < -0.39 is 0 Å². The summed E-state index contributed by atoms with van der Waals surface area (Å²) in [7, 11) is 0. The van der Waals surface area contributed by atoms with Crippen LogP contribution in [0.5, 0.6) is 0 Å². The SMILES string of the molecule is C1=CCCC(c2cccc(-n3c4ccccc4c4cc5c(cc43)c3ccccc3n5-c3ccc4c5ccccc5n(-c5ccccc5)c4c3)c2)=C1. The van der Waals surface area contributed by atoms with E-state index in [0.29, 0.717) is 0 Å². The monoisotopic (exact) mass is 651 g/mol. The fraction of sp³-hybridized carbons (Fsp3) is 0.0417. The first-order valence-electron chi connectivity index (χ1n) is 17.8. The second-order valence-corrected chi connectivity index (χ2v) is 13.7. The van der Waals surface area contributed by atoms with Gasteiger partial charge in [-0.25, -0.2) is 0 Å². The third kappa shape index (κ3) is 4.18. The zero-order valence-corrected chi connectivity index (χ0v) is 28.0. The van der Waals surface area contributed by atoms with Crippen LogP contribution >= 0.6 is 0 Å². The molecule has 10 aromatic rings. The lowest BCUT2D eigenvalue weighted by Gasteiger charge is -2.13. The Hall–Kier alpha value is -6.58. The van der Waals surface area contributed by atoms with Crippen molar-refractivity contribution in [1.82, 2.24) is 13.7 Å². The first-order valence-corrected chi connectivity index (χ1v) is 17.8. The lowest BCUT2D eigenvalue weighted by molar-refractivity contribution is 1.05. The number of para-hydroxylation sites is 4. The van der Waals surface area contributed by atoms with Crippen LogP contribution in [-0.2, 0) is 0 Å². The minimum absolute atomic E-state index is 1.07. The lowest BCUT2D eigenvalue weighted by atomic mass is 9.97. The van der Waals surface area contributed by atoms with Gasteiger partial charge >= 0.3 is 0 Å². The summed E-state index contributed by atoms with van der Waals surface area (Å²) in [5, 5.41) is 7.54. The normalized spacial score (nSPS) is 13.4. The number of benzene rings is 7. The van der Waals surface area contributed by atoms with Gasteiger partial charge in [0.05, 0.1) is 33.1 Å². The third-order valence-electron chi connectivity index (χ3n) is 10.9. The highest BCUT2D eigenvalue weighted by molar-refractivity contribution is 6.19. The third-order valence-corrected chi connectivity index (χ3v) is 10.9. The molecule has 0 atom stereocenters. The summed E-state index contributed by atoms with van der Waals surface area (Å²) in [6.45, 7) is 0. The predicted octanol–water partition coefficient (Wildman–Crippen LogP) is 12.7. The van der Waals surface area contributed by atoms with Crippen LogP contribution in [0.25, 0.3) is 88.1 Å². The lowest BCUT2D eigenvalue weighted by Crippen LogP contribution is -1.97. The van der Waals surface area contributed by atoms with E-state index in [1.165, 1.54) is 82.2 Å². The second kappa shape index (κ2) is 11.0. The average Bonchev–Trinajstić information content (AvgIpc) is 3.82. The van der Waals surface area contributed by atoms with Crippen molar-refractivity contribution in [3.05, 3.63) is 182 Å². The van der Waals surface area contributed by atoms with Crippen LogP contribution in [0.15, 0.2) is 176 Å². The van der Waals surface area contributed by atoms with E-state index in [-0.39, 0.29) is 0 Å². The Balaban J connectivity index is 1.20. The number of fused-ring (bicyclic) bond motifs is 9. The van der Waals surface area contributed by atoms with Crippen LogP contribution in [-0.4, -0.2) is 13.7 Å². The van der Waals surface area contributed by atoms with Crippen molar-refractivity contribution in [2.75, 3.05) is 0 Å². The van der Waals surface area contributed by atoms with Crippen LogP contribution < -0.4 is 0 Å². The van der Waals surface area contributed by atoms with E-state index >= 15 is 0 Å². The zero-order chi connectivity index (χ0) is 33.5. The van der Waals surface area contributed by atoms with E-state index in [2.05, 4.69) is 190 Å². The Morgan fingerprint density at radius 3 is 1.49 bits per heavy atom. The summed E-state index contributed by atoms with van der Waals surface area (Å²) in [5.74, 6) is 0. The number of hydrogen-bond donors (Lipinski definition) is 0. The van der Waals surface area contributed by atoms with Crippen molar-refractivity contribution in [1.29, 1.82) is 0 Å². The van der Waals surface area contributed by atoms with Crippen molar-refractivity contribution < 1.29 is 0 Å². The Kier molecular flexibility index (Phi) is 6.08. The van der Waals surface area contributed by atoms with Gasteiger partial charge in [-0.15, -0.1) is 0 Å². The molecule has 3 nitrogen and oxygen atoms in total. The standard InChI is InChI=1S/C48H33N3/c1-3-14-32(15-4-1)33-16-13-19-35(28-33)50-44-24-11-8-21-38(44)41-31-48-42(30-47(41)50)39-22-9-12-25-45(39)51(48)36-26-27-40-37-20-7-10-23-43(37)49(46(40)29-36)34-17-5-2-6-18-34/h1-3,5-14,16-31H,4,15H2. The van der Waals surface area contributed by atoms with Crippen LogP contribution in [0.1, 0.15) is 18.4 Å². The van der Waals surface area contributed by atoms with Crippen molar-refractivity contribution in [3.8, 4) is 17.1 Å².